The van der Waals surface area contributed by atoms with Crippen molar-refractivity contribution in [1.82, 2.24) is 5.32 Å². The van der Waals surface area contributed by atoms with Gasteiger partial charge in [-0.1, -0.05) is 30.3 Å². The zero-order chi connectivity index (χ0) is 17.0. The number of carbonyl (C=O) groups is 2. The van der Waals surface area contributed by atoms with Gasteiger partial charge in [0, 0.05) is 6.04 Å². The number of aliphatic carboxylic acids is 1. The molecule has 5 nitrogen and oxygen atoms in total. The van der Waals surface area contributed by atoms with Crippen molar-refractivity contribution >= 4 is 12.1 Å². The Labute approximate surface area is 137 Å². The van der Waals surface area contributed by atoms with Gasteiger partial charge in [0.1, 0.15) is 5.60 Å². The molecule has 1 saturated carbocycles. The van der Waals surface area contributed by atoms with Crippen LogP contribution in [0.3, 0.4) is 0 Å². The first-order valence-electron chi connectivity index (χ1n) is 8.03. The molecule has 2 rings (SSSR count). The molecule has 1 aliphatic carbocycles. The number of amides is 1. The standard InChI is InChI=1S/C18H25NO4/c1-18(2,3)23-17(22)19-15-10-9-13(11-14(15)16(20)21)12-7-5-4-6-8-12/h4-8,13-15H,9-11H2,1-3H3,(H,19,22)(H,20,21). The van der Waals surface area contributed by atoms with Crippen LogP contribution in [0.15, 0.2) is 30.3 Å². The second-order valence-electron chi connectivity index (χ2n) is 7.12. The van der Waals surface area contributed by atoms with Gasteiger partial charge < -0.3 is 15.2 Å². The van der Waals surface area contributed by atoms with Crippen LogP contribution in [0.1, 0.15) is 51.5 Å². The molecule has 1 aliphatic rings. The van der Waals surface area contributed by atoms with E-state index in [2.05, 4.69) is 5.32 Å². The monoisotopic (exact) mass is 319 g/mol. The van der Waals surface area contributed by atoms with Crippen LogP contribution in [0.25, 0.3) is 0 Å². The molecular weight excluding hydrogens is 294 g/mol. The summed E-state index contributed by atoms with van der Waals surface area (Å²) < 4.78 is 5.24. The lowest BCUT2D eigenvalue weighted by atomic mass is 9.75. The smallest absolute Gasteiger partial charge is 0.407 e. The Kier molecular flexibility index (Phi) is 5.29. The van der Waals surface area contributed by atoms with Crippen LogP contribution in [-0.2, 0) is 9.53 Å². The predicted molar refractivity (Wildman–Crippen MR) is 87.3 cm³/mol. The lowest BCUT2D eigenvalue weighted by Gasteiger charge is -2.34. The molecule has 1 fully saturated rings. The van der Waals surface area contributed by atoms with E-state index in [1.807, 2.05) is 30.3 Å². The summed E-state index contributed by atoms with van der Waals surface area (Å²) in [6, 6.07) is 9.57. The molecule has 126 valence electrons. The van der Waals surface area contributed by atoms with Crippen molar-refractivity contribution in [2.75, 3.05) is 0 Å². The van der Waals surface area contributed by atoms with Gasteiger partial charge in [0.15, 0.2) is 0 Å². The van der Waals surface area contributed by atoms with E-state index in [0.717, 1.165) is 12.0 Å². The second-order valence-corrected chi connectivity index (χ2v) is 7.12. The fourth-order valence-electron chi connectivity index (χ4n) is 3.10. The second kappa shape index (κ2) is 7.02. The lowest BCUT2D eigenvalue weighted by molar-refractivity contribution is -0.143. The van der Waals surface area contributed by atoms with Crippen molar-refractivity contribution in [3.05, 3.63) is 35.9 Å². The molecule has 0 radical (unpaired) electrons. The number of carboxylic acid groups (broad SMARTS) is 1. The quantitative estimate of drug-likeness (QED) is 0.893. The number of hydrogen-bond acceptors (Lipinski definition) is 3. The number of nitrogens with one attached hydrogen (secondary N) is 1. The number of benzene rings is 1. The van der Waals surface area contributed by atoms with Gasteiger partial charge in [-0.3, -0.25) is 4.79 Å². The topological polar surface area (TPSA) is 75.6 Å². The molecule has 3 atom stereocenters. The van der Waals surface area contributed by atoms with Crippen molar-refractivity contribution in [2.45, 2.75) is 57.6 Å². The molecule has 0 bridgehead atoms. The summed E-state index contributed by atoms with van der Waals surface area (Å²) in [4.78, 5) is 23.5. The maximum absolute atomic E-state index is 11.9. The third-order valence-corrected chi connectivity index (χ3v) is 4.14. The van der Waals surface area contributed by atoms with Crippen LogP contribution < -0.4 is 5.32 Å². The third-order valence-electron chi connectivity index (χ3n) is 4.14. The molecule has 0 aromatic heterocycles. The molecule has 3 unspecified atom stereocenters. The highest BCUT2D eigenvalue weighted by Gasteiger charge is 2.37. The van der Waals surface area contributed by atoms with Crippen molar-refractivity contribution in [3.8, 4) is 0 Å². The Morgan fingerprint density at radius 2 is 1.83 bits per heavy atom. The van der Waals surface area contributed by atoms with Crippen molar-refractivity contribution in [1.29, 1.82) is 0 Å². The third kappa shape index (κ3) is 4.98. The summed E-state index contributed by atoms with van der Waals surface area (Å²) in [6.45, 7) is 5.36. The number of alkyl carbamates (subject to hydrolysis) is 1. The van der Waals surface area contributed by atoms with Crippen molar-refractivity contribution in [2.24, 2.45) is 5.92 Å². The van der Waals surface area contributed by atoms with E-state index in [4.69, 9.17) is 4.74 Å². The zero-order valence-corrected chi connectivity index (χ0v) is 13.9. The average Bonchev–Trinajstić information content (AvgIpc) is 2.46. The van der Waals surface area contributed by atoms with Crippen LogP contribution in [0.2, 0.25) is 0 Å². The molecular formula is C18H25NO4. The van der Waals surface area contributed by atoms with Gasteiger partial charge in [0.2, 0.25) is 0 Å². The molecule has 23 heavy (non-hydrogen) atoms. The summed E-state index contributed by atoms with van der Waals surface area (Å²) in [5, 5.41) is 12.3. The Balaban J connectivity index is 2.03. The summed E-state index contributed by atoms with van der Waals surface area (Å²) in [6.07, 6.45) is 1.47. The van der Waals surface area contributed by atoms with Gasteiger partial charge in [0.25, 0.3) is 0 Å². The summed E-state index contributed by atoms with van der Waals surface area (Å²) >= 11 is 0. The lowest BCUT2D eigenvalue weighted by Crippen LogP contribution is -2.47. The number of carboxylic acids is 1. The van der Waals surface area contributed by atoms with E-state index in [1.165, 1.54) is 0 Å². The minimum Gasteiger partial charge on any atom is -0.481 e. The molecule has 0 aliphatic heterocycles. The number of rotatable bonds is 3. The molecule has 1 amide bonds. The SMILES string of the molecule is CC(C)(C)OC(=O)NC1CCC(c2ccccc2)CC1C(=O)O. The van der Waals surface area contributed by atoms with Gasteiger partial charge in [-0.15, -0.1) is 0 Å². The largest absolute Gasteiger partial charge is 0.481 e. The van der Waals surface area contributed by atoms with Crippen LogP contribution in [-0.4, -0.2) is 28.8 Å². The predicted octanol–water partition coefficient (Wildman–Crippen LogP) is 3.55. The van der Waals surface area contributed by atoms with Crippen molar-refractivity contribution < 1.29 is 19.4 Å². The first-order valence-corrected chi connectivity index (χ1v) is 8.03. The minimum absolute atomic E-state index is 0.217. The van der Waals surface area contributed by atoms with Gasteiger partial charge >= 0.3 is 12.1 Å². The van der Waals surface area contributed by atoms with E-state index < -0.39 is 23.6 Å². The summed E-state index contributed by atoms with van der Waals surface area (Å²) in [5.74, 6) is -1.25. The van der Waals surface area contributed by atoms with E-state index >= 15 is 0 Å². The maximum Gasteiger partial charge on any atom is 0.407 e. The Hall–Kier alpha value is -2.04. The molecule has 0 heterocycles. The van der Waals surface area contributed by atoms with E-state index in [1.54, 1.807) is 20.8 Å². The van der Waals surface area contributed by atoms with Crippen LogP contribution in [0.5, 0.6) is 0 Å². The molecule has 1 aromatic rings. The Morgan fingerprint density at radius 1 is 1.17 bits per heavy atom. The highest BCUT2D eigenvalue weighted by atomic mass is 16.6. The van der Waals surface area contributed by atoms with Gasteiger partial charge in [0.05, 0.1) is 5.92 Å². The fourth-order valence-corrected chi connectivity index (χ4v) is 3.10. The summed E-state index contributed by atoms with van der Waals surface area (Å²) in [5.41, 5.74) is 0.568. The number of carbonyl (C=O) groups excluding carboxylic acids is 1. The van der Waals surface area contributed by atoms with Gasteiger partial charge in [-0.2, -0.15) is 0 Å². The van der Waals surface area contributed by atoms with E-state index in [0.29, 0.717) is 12.8 Å². The molecule has 1 aromatic carbocycles. The number of ether oxygens (including phenoxy) is 1. The normalized spacial score (nSPS) is 24.7. The fraction of sp³-hybridized carbons (Fsp3) is 0.556. The molecule has 0 saturated heterocycles. The summed E-state index contributed by atoms with van der Waals surface area (Å²) in [7, 11) is 0. The zero-order valence-electron chi connectivity index (χ0n) is 13.9. The Bertz CT molecular complexity index is 550. The molecule has 5 heteroatoms. The Morgan fingerprint density at radius 3 is 2.39 bits per heavy atom. The van der Waals surface area contributed by atoms with Crippen molar-refractivity contribution in [3.63, 3.8) is 0 Å². The van der Waals surface area contributed by atoms with E-state index in [-0.39, 0.29) is 12.0 Å². The van der Waals surface area contributed by atoms with Crippen LogP contribution in [0, 0.1) is 5.92 Å². The maximum atomic E-state index is 11.9. The highest BCUT2D eigenvalue weighted by molar-refractivity contribution is 5.74. The highest BCUT2D eigenvalue weighted by Crippen LogP contribution is 2.36. The van der Waals surface area contributed by atoms with E-state index in [9.17, 15) is 14.7 Å². The first-order chi connectivity index (χ1) is 10.8. The number of hydrogen-bond donors (Lipinski definition) is 2. The van der Waals surface area contributed by atoms with Gasteiger partial charge in [-0.05, 0) is 51.5 Å². The average molecular weight is 319 g/mol. The van der Waals surface area contributed by atoms with Crippen LogP contribution >= 0.6 is 0 Å². The van der Waals surface area contributed by atoms with Crippen LogP contribution in [0.4, 0.5) is 4.79 Å². The van der Waals surface area contributed by atoms with Gasteiger partial charge in [-0.25, -0.2) is 4.79 Å². The molecule has 2 N–H and O–H groups in total. The molecule has 0 spiro atoms. The first kappa shape index (κ1) is 17.3. The minimum atomic E-state index is -0.869.